The standard InChI is InChI=1S/C15H18N2O5/c1-21-14(19)12-5-3-11(4-6-12)13(18)16-7-9-17(10-8-16)15(20)22-2/h3-6H,7-10H2,1-2H3. The van der Waals surface area contributed by atoms with Gasteiger partial charge in [-0.3, -0.25) is 4.79 Å². The van der Waals surface area contributed by atoms with Gasteiger partial charge in [-0.1, -0.05) is 0 Å². The van der Waals surface area contributed by atoms with E-state index in [-0.39, 0.29) is 12.0 Å². The van der Waals surface area contributed by atoms with Gasteiger partial charge in [-0.15, -0.1) is 0 Å². The number of hydrogen-bond acceptors (Lipinski definition) is 5. The number of hydrogen-bond donors (Lipinski definition) is 0. The molecule has 118 valence electrons. The number of amides is 2. The highest BCUT2D eigenvalue weighted by Crippen LogP contribution is 2.11. The van der Waals surface area contributed by atoms with Gasteiger partial charge in [0.2, 0.25) is 0 Å². The number of esters is 1. The van der Waals surface area contributed by atoms with E-state index in [0.29, 0.717) is 37.3 Å². The number of methoxy groups -OCH3 is 2. The molecule has 7 nitrogen and oxygen atoms in total. The van der Waals surface area contributed by atoms with E-state index in [0.717, 1.165) is 0 Å². The van der Waals surface area contributed by atoms with Crippen molar-refractivity contribution in [3.05, 3.63) is 35.4 Å². The summed E-state index contributed by atoms with van der Waals surface area (Å²) in [5.74, 6) is -0.563. The van der Waals surface area contributed by atoms with Crippen LogP contribution in [0, 0.1) is 0 Å². The molecule has 2 rings (SSSR count). The van der Waals surface area contributed by atoms with Crippen LogP contribution in [0.1, 0.15) is 20.7 Å². The largest absolute Gasteiger partial charge is 0.465 e. The molecule has 0 saturated carbocycles. The second-order valence-corrected chi connectivity index (χ2v) is 4.82. The van der Waals surface area contributed by atoms with Crippen LogP contribution in [-0.4, -0.2) is 68.2 Å². The quantitative estimate of drug-likeness (QED) is 0.762. The van der Waals surface area contributed by atoms with Crippen molar-refractivity contribution in [3.63, 3.8) is 0 Å². The Morgan fingerprint density at radius 1 is 0.818 bits per heavy atom. The van der Waals surface area contributed by atoms with Crippen molar-refractivity contribution in [1.29, 1.82) is 0 Å². The molecule has 0 N–H and O–H groups in total. The Hall–Kier alpha value is -2.57. The lowest BCUT2D eigenvalue weighted by molar-refractivity contribution is 0.0591. The second-order valence-electron chi connectivity index (χ2n) is 4.82. The highest BCUT2D eigenvalue weighted by atomic mass is 16.5. The fourth-order valence-electron chi connectivity index (χ4n) is 2.27. The van der Waals surface area contributed by atoms with Crippen molar-refractivity contribution in [3.8, 4) is 0 Å². The molecule has 0 aromatic heterocycles. The van der Waals surface area contributed by atoms with Crippen molar-refractivity contribution in [1.82, 2.24) is 9.80 Å². The molecular weight excluding hydrogens is 288 g/mol. The number of benzene rings is 1. The molecule has 0 spiro atoms. The van der Waals surface area contributed by atoms with Gasteiger partial charge >= 0.3 is 12.1 Å². The fourth-order valence-corrected chi connectivity index (χ4v) is 2.27. The summed E-state index contributed by atoms with van der Waals surface area (Å²) in [4.78, 5) is 38.4. The highest BCUT2D eigenvalue weighted by Gasteiger charge is 2.25. The Morgan fingerprint density at radius 3 is 1.82 bits per heavy atom. The summed E-state index contributed by atoms with van der Waals surface area (Å²) in [5.41, 5.74) is 0.897. The fraction of sp³-hybridized carbons (Fsp3) is 0.400. The number of rotatable bonds is 2. The van der Waals surface area contributed by atoms with Gasteiger partial charge in [0.05, 0.1) is 19.8 Å². The van der Waals surface area contributed by atoms with Crippen LogP contribution >= 0.6 is 0 Å². The topological polar surface area (TPSA) is 76.2 Å². The van der Waals surface area contributed by atoms with Gasteiger partial charge < -0.3 is 19.3 Å². The van der Waals surface area contributed by atoms with Crippen LogP contribution in [0.4, 0.5) is 4.79 Å². The average Bonchev–Trinajstić information content (AvgIpc) is 2.60. The van der Waals surface area contributed by atoms with Crippen molar-refractivity contribution in [2.24, 2.45) is 0 Å². The maximum atomic E-state index is 12.4. The summed E-state index contributed by atoms with van der Waals surface area (Å²) in [6, 6.07) is 6.32. The molecule has 1 aromatic carbocycles. The number of nitrogens with zero attached hydrogens (tertiary/aromatic N) is 2. The van der Waals surface area contributed by atoms with Crippen LogP contribution in [0.15, 0.2) is 24.3 Å². The first-order chi connectivity index (χ1) is 10.6. The predicted molar refractivity (Wildman–Crippen MR) is 77.7 cm³/mol. The molecule has 0 bridgehead atoms. The zero-order chi connectivity index (χ0) is 16.1. The molecule has 1 aliphatic heterocycles. The van der Waals surface area contributed by atoms with Crippen LogP contribution in [0.3, 0.4) is 0 Å². The summed E-state index contributed by atoms with van der Waals surface area (Å²) in [7, 11) is 2.64. The van der Waals surface area contributed by atoms with Crippen molar-refractivity contribution >= 4 is 18.0 Å². The van der Waals surface area contributed by atoms with Crippen LogP contribution in [-0.2, 0) is 9.47 Å². The lowest BCUT2D eigenvalue weighted by Gasteiger charge is -2.33. The van der Waals surface area contributed by atoms with E-state index in [1.54, 1.807) is 34.1 Å². The first kappa shape index (κ1) is 15.8. The minimum Gasteiger partial charge on any atom is -0.465 e. The molecule has 1 fully saturated rings. The van der Waals surface area contributed by atoms with E-state index in [1.807, 2.05) is 0 Å². The molecule has 1 heterocycles. The monoisotopic (exact) mass is 306 g/mol. The van der Waals surface area contributed by atoms with Crippen LogP contribution in [0.5, 0.6) is 0 Å². The maximum Gasteiger partial charge on any atom is 0.409 e. The number of carbonyl (C=O) groups is 3. The third-order valence-electron chi connectivity index (χ3n) is 3.55. The van der Waals surface area contributed by atoms with Crippen molar-refractivity contribution in [2.45, 2.75) is 0 Å². The molecule has 0 unspecified atom stereocenters. The normalized spacial score (nSPS) is 14.5. The van der Waals surface area contributed by atoms with E-state index in [4.69, 9.17) is 0 Å². The molecule has 1 saturated heterocycles. The molecule has 1 aromatic rings. The van der Waals surface area contributed by atoms with Gasteiger partial charge in [-0.2, -0.15) is 0 Å². The van der Waals surface area contributed by atoms with E-state index < -0.39 is 5.97 Å². The van der Waals surface area contributed by atoms with E-state index in [1.165, 1.54) is 14.2 Å². The first-order valence-electron chi connectivity index (χ1n) is 6.87. The molecule has 2 amide bonds. The average molecular weight is 306 g/mol. The Balaban J connectivity index is 1.98. The molecule has 22 heavy (non-hydrogen) atoms. The molecule has 1 aliphatic rings. The number of carbonyl (C=O) groups excluding carboxylic acids is 3. The minimum absolute atomic E-state index is 0.124. The minimum atomic E-state index is -0.439. The van der Waals surface area contributed by atoms with Gasteiger partial charge in [0.1, 0.15) is 0 Å². The molecule has 7 heteroatoms. The lowest BCUT2D eigenvalue weighted by atomic mass is 10.1. The number of piperazine rings is 1. The Bertz CT molecular complexity index is 562. The van der Waals surface area contributed by atoms with Gasteiger partial charge in [0.15, 0.2) is 0 Å². The van der Waals surface area contributed by atoms with Gasteiger partial charge in [0.25, 0.3) is 5.91 Å². The predicted octanol–water partition coefficient (Wildman–Crippen LogP) is 0.997. The van der Waals surface area contributed by atoms with Crippen LogP contribution in [0.2, 0.25) is 0 Å². The van der Waals surface area contributed by atoms with E-state index >= 15 is 0 Å². The maximum absolute atomic E-state index is 12.4. The summed E-state index contributed by atoms with van der Waals surface area (Å²) in [6.07, 6.45) is -0.380. The van der Waals surface area contributed by atoms with Crippen LogP contribution < -0.4 is 0 Å². The molecule has 0 atom stereocenters. The Kier molecular flexibility index (Phi) is 4.98. The Labute approximate surface area is 128 Å². The van der Waals surface area contributed by atoms with Crippen LogP contribution in [0.25, 0.3) is 0 Å². The van der Waals surface area contributed by atoms with Crippen molar-refractivity contribution in [2.75, 3.05) is 40.4 Å². The summed E-state index contributed by atoms with van der Waals surface area (Å²) in [6.45, 7) is 1.79. The summed E-state index contributed by atoms with van der Waals surface area (Å²) < 4.78 is 9.27. The first-order valence-corrected chi connectivity index (χ1v) is 6.87. The molecule has 0 radical (unpaired) electrons. The van der Waals surface area contributed by atoms with Gasteiger partial charge in [-0.05, 0) is 24.3 Å². The zero-order valence-electron chi connectivity index (χ0n) is 12.6. The smallest absolute Gasteiger partial charge is 0.409 e. The third-order valence-corrected chi connectivity index (χ3v) is 3.55. The molecular formula is C15H18N2O5. The zero-order valence-corrected chi connectivity index (χ0v) is 12.6. The van der Waals surface area contributed by atoms with Gasteiger partial charge in [0, 0.05) is 31.7 Å². The SMILES string of the molecule is COC(=O)c1ccc(C(=O)N2CCN(C(=O)OC)CC2)cc1. The highest BCUT2D eigenvalue weighted by molar-refractivity contribution is 5.96. The van der Waals surface area contributed by atoms with E-state index in [9.17, 15) is 14.4 Å². The van der Waals surface area contributed by atoms with Gasteiger partial charge in [-0.25, -0.2) is 9.59 Å². The lowest BCUT2D eigenvalue weighted by Crippen LogP contribution is -2.50. The summed E-state index contributed by atoms with van der Waals surface area (Å²) >= 11 is 0. The number of ether oxygens (including phenoxy) is 2. The summed E-state index contributed by atoms with van der Waals surface area (Å²) in [5, 5.41) is 0. The third kappa shape index (κ3) is 3.36. The second kappa shape index (κ2) is 6.93. The molecule has 0 aliphatic carbocycles. The van der Waals surface area contributed by atoms with Crippen molar-refractivity contribution < 1.29 is 23.9 Å². The Morgan fingerprint density at radius 2 is 1.32 bits per heavy atom. The van der Waals surface area contributed by atoms with E-state index in [2.05, 4.69) is 9.47 Å².